The lowest BCUT2D eigenvalue weighted by Crippen LogP contribution is -2.10. The molecular weight excluding hydrogens is 243 g/mol. The monoisotopic (exact) mass is 260 g/mol. The second-order valence-corrected chi connectivity index (χ2v) is 4.43. The Balaban J connectivity index is 2.00. The Morgan fingerprint density at radius 1 is 1.37 bits per heavy atom. The highest BCUT2D eigenvalue weighted by Gasteiger charge is 2.09. The van der Waals surface area contributed by atoms with Crippen LogP contribution in [0.25, 0.3) is 0 Å². The quantitative estimate of drug-likeness (QED) is 0.899. The lowest BCUT2D eigenvalue weighted by atomic mass is 10.1. The molecule has 0 spiro atoms. The van der Waals surface area contributed by atoms with Crippen molar-refractivity contribution in [3.63, 3.8) is 0 Å². The number of hydrogen-bond donors (Lipinski definition) is 1. The van der Waals surface area contributed by atoms with Crippen LogP contribution in [0.3, 0.4) is 0 Å². The Bertz CT molecular complexity index is 529. The molecule has 19 heavy (non-hydrogen) atoms. The van der Waals surface area contributed by atoms with E-state index in [4.69, 9.17) is 10.5 Å². The van der Waals surface area contributed by atoms with Crippen LogP contribution in [0.5, 0.6) is 5.75 Å². The zero-order chi connectivity index (χ0) is 13.7. The summed E-state index contributed by atoms with van der Waals surface area (Å²) in [6.45, 7) is 2.32. The van der Waals surface area contributed by atoms with Crippen molar-refractivity contribution in [2.24, 2.45) is 5.73 Å². The first-order valence-electron chi connectivity index (χ1n) is 6.23. The molecule has 0 aliphatic heterocycles. The Kier molecular flexibility index (Phi) is 4.47. The van der Waals surface area contributed by atoms with Gasteiger partial charge in [-0.15, -0.1) is 0 Å². The lowest BCUT2D eigenvalue weighted by molar-refractivity contribution is 0.316. The van der Waals surface area contributed by atoms with E-state index in [9.17, 15) is 4.39 Å². The second kappa shape index (κ2) is 6.29. The molecule has 1 aromatic carbocycles. The molecule has 0 unspecified atom stereocenters. The molecule has 2 rings (SSSR count). The number of pyridine rings is 1. The van der Waals surface area contributed by atoms with E-state index in [1.54, 1.807) is 18.5 Å². The van der Waals surface area contributed by atoms with Gasteiger partial charge < -0.3 is 10.5 Å². The molecule has 0 radical (unpaired) electrons. The summed E-state index contributed by atoms with van der Waals surface area (Å²) in [4.78, 5) is 4.04. The molecule has 0 bridgehead atoms. The van der Waals surface area contributed by atoms with E-state index in [0.29, 0.717) is 17.9 Å². The molecule has 1 aromatic heterocycles. The fourth-order valence-electron chi connectivity index (χ4n) is 1.83. The molecule has 100 valence electrons. The summed E-state index contributed by atoms with van der Waals surface area (Å²) < 4.78 is 18.9. The SMILES string of the molecule is C[C@@H](N)c1cc(F)ccc1OCCc1cccnc1. The average molecular weight is 260 g/mol. The molecule has 0 amide bonds. The van der Waals surface area contributed by atoms with Crippen LogP contribution < -0.4 is 10.5 Å². The van der Waals surface area contributed by atoms with Crippen molar-refractivity contribution in [3.05, 3.63) is 59.7 Å². The minimum absolute atomic E-state index is 0.260. The molecule has 0 saturated heterocycles. The number of hydrogen-bond acceptors (Lipinski definition) is 3. The van der Waals surface area contributed by atoms with Crippen molar-refractivity contribution < 1.29 is 9.13 Å². The number of nitrogens with two attached hydrogens (primary N) is 1. The number of benzene rings is 1. The van der Waals surface area contributed by atoms with Crippen molar-refractivity contribution in [2.45, 2.75) is 19.4 Å². The van der Waals surface area contributed by atoms with E-state index in [1.807, 2.05) is 19.1 Å². The summed E-state index contributed by atoms with van der Waals surface area (Å²) in [6, 6.07) is 8.05. The largest absolute Gasteiger partial charge is 0.493 e. The van der Waals surface area contributed by atoms with E-state index >= 15 is 0 Å². The molecule has 2 N–H and O–H groups in total. The summed E-state index contributed by atoms with van der Waals surface area (Å²) in [7, 11) is 0. The molecule has 0 saturated carbocycles. The first-order chi connectivity index (χ1) is 9.16. The predicted octanol–water partition coefficient (Wildman–Crippen LogP) is 2.86. The van der Waals surface area contributed by atoms with Crippen LogP contribution in [0.4, 0.5) is 4.39 Å². The van der Waals surface area contributed by atoms with Crippen LogP contribution in [-0.4, -0.2) is 11.6 Å². The highest BCUT2D eigenvalue weighted by atomic mass is 19.1. The summed E-state index contributed by atoms with van der Waals surface area (Å²) in [6.07, 6.45) is 4.29. The summed E-state index contributed by atoms with van der Waals surface area (Å²) >= 11 is 0. The number of rotatable bonds is 5. The average Bonchev–Trinajstić information content (AvgIpc) is 2.41. The molecule has 0 fully saturated rings. The molecule has 1 atom stereocenters. The second-order valence-electron chi connectivity index (χ2n) is 4.43. The summed E-state index contributed by atoms with van der Waals surface area (Å²) in [5.74, 6) is 0.340. The van der Waals surface area contributed by atoms with Gasteiger partial charge in [-0.3, -0.25) is 4.98 Å². The third-order valence-corrected chi connectivity index (χ3v) is 2.83. The van der Waals surface area contributed by atoms with Crippen LogP contribution in [0, 0.1) is 5.82 Å². The Labute approximate surface area is 112 Å². The first-order valence-corrected chi connectivity index (χ1v) is 6.23. The van der Waals surface area contributed by atoms with Gasteiger partial charge in [-0.05, 0) is 36.8 Å². The Hall–Kier alpha value is -1.94. The van der Waals surface area contributed by atoms with Gasteiger partial charge >= 0.3 is 0 Å². The van der Waals surface area contributed by atoms with Gasteiger partial charge in [0, 0.05) is 30.4 Å². The Morgan fingerprint density at radius 2 is 2.21 bits per heavy atom. The van der Waals surface area contributed by atoms with Crippen LogP contribution in [0.15, 0.2) is 42.7 Å². The van der Waals surface area contributed by atoms with Crippen molar-refractivity contribution in [1.82, 2.24) is 4.98 Å². The van der Waals surface area contributed by atoms with Crippen molar-refractivity contribution in [3.8, 4) is 5.75 Å². The van der Waals surface area contributed by atoms with Gasteiger partial charge in [0.25, 0.3) is 0 Å². The molecule has 0 aliphatic carbocycles. The number of halogens is 1. The molecule has 0 aliphatic rings. The highest BCUT2D eigenvalue weighted by Crippen LogP contribution is 2.24. The number of aromatic nitrogens is 1. The standard InChI is InChI=1S/C15H17FN2O/c1-11(17)14-9-13(16)4-5-15(14)19-8-6-12-3-2-7-18-10-12/h2-5,7,9-11H,6,8,17H2,1H3/t11-/m1/s1. The fourth-order valence-corrected chi connectivity index (χ4v) is 1.83. The lowest BCUT2D eigenvalue weighted by Gasteiger charge is -2.14. The molecule has 2 aromatic rings. The molecule has 4 heteroatoms. The molecule has 3 nitrogen and oxygen atoms in total. The van der Waals surface area contributed by atoms with E-state index in [2.05, 4.69) is 4.98 Å². The number of ether oxygens (including phenoxy) is 1. The predicted molar refractivity (Wildman–Crippen MR) is 72.4 cm³/mol. The van der Waals surface area contributed by atoms with Gasteiger partial charge in [0.1, 0.15) is 11.6 Å². The van der Waals surface area contributed by atoms with Gasteiger partial charge in [0.05, 0.1) is 6.61 Å². The van der Waals surface area contributed by atoms with Gasteiger partial charge in [-0.25, -0.2) is 4.39 Å². The van der Waals surface area contributed by atoms with E-state index < -0.39 is 0 Å². The van der Waals surface area contributed by atoms with Gasteiger partial charge in [-0.1, -0.05) is 6.07 Å². The van der Waals surface area contributed by atoms with Gasteiger partial charge in [0.15, 0.2) is 0 Å². The minimum Gasteiger partial charge on any atom is -0.493 e. The van der Waals surface area contributed by atoms with Crippen molar-refractivity contribution in [1.29, 1.82) is 0 Å². The highest BCUT2D eigenvalue weighted by molar-refractivity contribution is 5.36. The summed E-state index contributed by atoms with van der Waals surface area (Å²) in [5.41, 5.74) is 7.60. The Morgan fingerprint density at radius 3 is 2.89 bits per heavy atom. The van der Waals surface area contributed by atoms with Crippen molar-refractivity contribution in [2.75, 3.05) is 6.61 Å². The van der Waals surface area contributed by atoms with Gasteiger partial charge in [0.2, 0.25) is 0 Å². The normalized spacial score (nSPS) is 12.2. The maximum absolute atomic E-state index is 13.2. The maximum atomic E-state index is 13.2. The van der Waals surface area contributed by atoms with Crippen LogP contribution in [-0.2, 0) is 6.42 Å². The van der Waals surface area contributed by atoms with Gasteiger partial charge in [-0.2, -0.15) is 0 Å². The third-order valence-electron chi connectivity index (χ3n) is 2.83. The van der Waals surface area contributed by atoms with E-state index in [-0.39, 0.29) is 11.9 Å². The number of nitrogens with zero attached hydrogens (tertiary/aromatic N) is 1. The summed E-state index contributed by atoms with van der Waals surface area (Å²) in [5, 5.41) is 0. The maximum Gasteiger partial charge on any atom is 0.124 e. The first kappa shape index (κ1) is 13.5. The van der Waals surface area contributed by atoms with Crippen molar-refractivity contribution >= 4 is 0 Å². The fraction of sp³-hybridized carbons (Fsp3) is 0.267. The van der Waals surface area contributed by atoms with Crippen LogP contribution in [0.1, 0.15) is 24.1 Å². The topological polar surface area (TPSA) is 48.1 Å². The smallest absolute Gasteiger partial charge is 0.124 e. The zero-order valence-corrected chi connectivity index (χ0v) is 10.8. The van der Waals surface area contributed by atoms with E-state index in [1.165, 1.54) is 12.1 Å². The van der Waals surface area contributed by atoms with Crippen LogP contribution >= 0.6 is 0 Å². The van der Waals surface area contributed by atoms with E-state index in [0.717, 1.165) is 12.0 Å². The third kappa shape index (κ3) is 3.76. The molecule has 1 heterocycles. The van der Waals surface area contributed by atoms with Crippen LogP contribution in [0.2, 0.25) is 0 Å². The molecular formula is C15H17FN2O. The minimum atomic E-state index is -0.299. The zero-order valence-electron chi connectivity index (χ0n) is 10.8.